The maximum atomic E-state index is 14.5. The van der Waals surface area contributed by atoms with Crippen molar-refractivity contribution in [3.8, 4) is 34.3 Å². The van der Waals surface area contributed by atoms with Crippen molar-refractivity contribution in [2.45, 2.75) is 0 Å². The summed E-state index contributed by atoms with van der Waals surface area (Å²) < 4.78 is 38.2. The Hall–Kier alpha value is -3.15. The molecule has 4 aromatic rings. The second-order valence-corrected chi connectivity index (χ2v) is 8.96. The Morgan fingerprint density at radius 1 is 0.774 bits per heavy atom. The van der Waals surface area contributed by atoms with E-state index in [1.54, 1.807) is 27.4 Å². The van der Waals surface area contributed by atoms with Gasteiger partial charge in [-0.2, -0.15) is 0 Å². The Labute approximate surface area is 186 Å². The Morgan fingerprint density at radius 2 is 1.45 bits per heavy atom. The van der Waals surface area contributed by atoms with Crippen LogP contribution in [0.4, 0.5) is 4.39 Å². The molecule has 31 heavy (non-hydrogen) atoms. The van der Waals surface area contributed by atoms with Gasteiger partial charge in [0, 0.05) is 0 Å². The van der Waals surface area contributed by atoms with Gasteiger partial charge >= 0.3 is 186 Å². The Kier molecular flexibility index (Phi) is 6.07. The summed E-state index contributed by atoms with van der Waals surface area (Å²) in [4.78, 5) is 3.47. The normalized spacial score (nSPS) is 10.9. The molecule has 0 saturated carbocycles. The zero-order chi connectivity index (χ0) is 22.0. The van der Waals surface area contributed by atoms with E-state index in [0.717, 1.165) is 31.1 Å². The van der Waals surface area contributed by atoms with Gasteiger partial charge in [-0.1, -0.05) is 0 Å². The molecule has 0 saturated heterocycles. The summed E-state index contributed by atoms with van der Waals surface area (Å²) >= 11 is -0.127. The van der Waals surface area contributed by atoms with Crippen molar-refractivity contribution in [2.75, 3.05) is 28.4 Å². The van der Waals surface area contributed by atoms with Gasteiger partial charge in [0.15, 0.2) is 0 Å². The van der Waals surface area contributed by atoms with Gasteiger partial charge in [0.05, 0.1) is 0 Å². The summed E-state index contributed by atoms with van der Waals surface area (Å²) in [6.45, 7) is 0. The van der Waals surface area contributed by atoms with Crippen LogP contribution in [-0.4, -0.2) is 48.4 Å². The molecular weight excluding hydrogens is 464 g/mol. The standard InChI is InChI=1S/C24H22FNO4Se/c1-27-19-10-9-14(11-17(19)25)22-24(16-7-5-6-8-18(16)26-22)31-15-12-20(28-2)23(30-4)21(13-15)29-3/h5-13,26H,1-4H3. The van der Waals surface area contributed by atoms with Gasteiger partial charge in [0.25, 0.3) is 0 Å². The van der Waals surface area contributed by atoms with E-state index < -0.39 is 5.82 Å². The van der Waals surface area contributed by atoms with Crippen LogP contribution >= 0.6 is 0 Å². The number of aromatic amines is 1. The maximum absolute atomic E-state index is 14.5. The number of para-hydroxylation sites is 1. The van der Waals surface area contributed by atoms with Gasteiger partial charge in [0.2, 0.25) is 0 Å². The second kappa shape index (κ2) is 8.92. The van der Waals surface area contributed by atoms with Crippen LogP contribution in [0.5, 0.6) is 23.0 Å². The third-order valence-corrected chi connectivity index (χ3v) is 7.26. The average Bonchev–Trinajstić information content (AvgIpc) is 3.16. The molecule has 0 aliphatic heterocycles. The molecule has 0 unspecified atom stereocenters. The van der Waals surface area contributed by atoms with E-state index in [-0.39, 0.29) is 20.7 Å². The number of aromatic nitrogens is 1. The van der Waals surface area contributed by atoms with Crippen molar-refractivity contribution < 1.29 is 23.3 Å². The first-order valence-electron chi connectivity index (χ1n) is 9.52. The fraction of sp³-hybridized carbons (Fsp3) is 0.167. The minimum atomic E-state index is -0.398. The molecule has 1 aromatic heterocycles. The van der Waals surface area contributed by atoms with Crippen LogP contribution in [-0.2, 0) is 0 Å². The summed E-state index contributed by atoms with van der Waals surface area (Å²) in [5, 5.41) is 1.10. The molecule has 0 radical (unpaired) electrons. The number of benzene rings is 3. The summed E-state index contributed by atoms with van der Waals surface area (Å²) in [5.41, 5.74) is 2.65. The topological polar surface area (TPSA) is 52.7 Å². The number of H-pyrrole nitrogens is 1. The molecule has 0 aliphatic rings. The number of hydrogen-bond acceptors (Lipinski definition) is 4. The molecule has 1 N–H and O–H groups in total. The Balaban J connectivity index is 1.86. The van der Waals surface area contributed by atoms with E-state index in [9.17, 15) is 4.39 Å². The molecular formula is C24H22FNO4Se. The summed E-state index contributed by atoms with van der Waals surface area (Å²) in [5.74, 6) is 1.59. The predicted molar refractivity (Wildman–Crippen MR) is 121 cm³/mol. The monoisotopic (exact) mass is 487 g/mol. The predicted octanol–water partition coefficient (Wildman–Crippen LogP) is 3.66. The summed E-state index contributed by atoms with van der Waals surface area (Å²) in [6, 6.07) is 17.0. The Morgan fingerprint density at radius 3 is 2.06 bits per heavy atom. The van der Waals surface area contributed by atoms with Gasteiger partial charge in [-0.25, -0.2) is 0 Å². The van der Waals surface area contributed by atoms with Gasteiger partial charge in [0.1, 0.15) is 0 Å². The van der Waals surface area contributed by atoms with Crippen LogP contribution in [0.3, 0.4) is 0 Å². The molecule has 0 atom stereocenters. The molecule has 7 heteroatoms. The molecule has 0 spiro atoms. The first-order chi connectivity index (χ1) is 15.1. The molecule has 1 heterocycles. The van der Waals surface area contributed by atoms with Crippen LogP contribution in [0.15, 0.2) is 54.6 Å². The molecule has 0 aliphatic carbocycles. The fourth-order valence-corrected chi connectivity index (χ4v) is 5.84. The molecule has 0 amide bonds. The second-order valence-electron chi connectivity index (χ2n) is 6.69. The molecule has 160 valence electrons. The third kappa shape index (κ3) is 3.94. The quantitative estimate of drug-likeness (QED) is 0.405. The van der Waals surface area contributed by atoms with Crippen LogP contribution in [0.1, 0.15) is 0 Å². The third-order valence-electron chi connectivity index (χ3n) is 4.96. The Bertz CT molecular complexity index is 1210. The molecule has 5 nitrogen and oxygen atoms in total. The van der Waals surface area contributed by atoms with Crippen LogP contribution in [0.25, 0.3) is 22.2 Å². The fourth-order valence-electron chi connectivity index (χ4n) is 3.48. The van der Waals surface area contributed by atoms with Gasteiger partial charge in [-0.15, -0.1) is 0 Å². The van der Waals surface area contributed by atoms with E-state index in [1.807, 2.05) is 36.4 Å². The SMILES string of the molecule is COc1ccc(-c2[nH]c3ccccc3c2[Se]c2cc(OC)c(OC)c(OC)c2)cc1F. The molecule has 3 aromatic carbocycles. The number of ether oxygens (including phenoxy) is 4. The van der Waals surface area contributed by atoms with Crippen molar-refractivity contribution in [2.24, 2.45) is 0 Å². The number of halogens is 1. The van der Waals surface area contributed by atoms with Gasteiger partial charge < -0.3 is 0 Å². The van der Waals surface area contributed by atoms with Gasteiger partial charge in [-0.3, -0.25) is 0 Å². The number of fused-ring (bicyclic) bond motifs is 1. The zero-order valence-corrected chi connectivity index (χ0v) is 19.3. The van der Waals surface area contributed by atoms with Crippen molar-refractivity contribution in [1.29, 1.82) is 0 Å². The van der Waals surface area contributed by atoms with Crippen LogP contribution in [0.2, 0.25) is 0 Å². The molecule has 0 bridgehead atoms. The van der Waals surface area contributed by atoms with E-state index in [0.29, 0.717) is 17.2 Å². The summed E-state index contributed by atoms with van der Waals surface area (Å²) in [6.07, 6.45) is 0. The van der Waals surface area contributed by atoms with Crippen molar-refractivity contribution in [3.63, 3.8) is 0 Å². The van der Waals surface area contributed by atoms with E-state index >= 15 is 0 Å². The number of nitrogens with one attached hydrogen (secondary N) is 1. The van der Waals surface area contributed by atoms with E-state index in [2.05, 4.69) is 11.1 Å². The van der Waals surface area contributed by atoms with E-state index in [1.165, 1.54) is 13.2 Å². The first-order valence-corrected chi connectivity index (χ1v) is 11.2. The van der Waals surface area contributed by atoms with Crippen LogP contribution in [0, 0.1) is 5.82 Å². The van der Waals surface area contributed by atoms with E-state index in [4.69, 9.17) is 18.9 Å². The van der Waals surface area contributed by atoms with Crippen LogP contribution < -0.4 is 27.9 Å². The number of rotatable bonds is 7. The zero-order valence-electron chi connectivity index (χ0n) is 17.6. The average molecular weight is 486 g/mol. The minimum absolute atomic E-state index is 0.127. The summed E-state index contributed by atoms with van der Waals surface area (Å²) in [7, 11) is 6.25. The number of methoxy groups -OCH3 is 4. The number of hydrogen-bond donors (Lipinski definition) is 1. The van der Waals surface area contributed by atoms with Crippen molar-refractivity contribution in [1.82, 2.24) is 4.98 Å². The first kappa shape index (κ1) is 21.1. The molecule has 4 rings (SSSR count). The van der Waals surface area contributed by atoms with Crippen molar-refractivity contribution in [3.05, 3.63) is 60.4 Å². The van der Waals surface area contributed by atoms with Gasteiger partial charge in [-0.05, 0) is 0 Å². The molecule has 0 fully saturated rings. The van der Waals surface area contributed by atoms with Crippen molar-refractivity contribution >= 4 is 34.8 Å².